The van der Waals surface area contributed by atoms with Crippen molar-refractivity contribution in [3.63, 3.8) is 0 Å². The molecule has 176 valence electrons. The smallest absolute Gasteiger partial charge is 0.260 e. The molecule has 2 aromatic carbocycles. The number of morpholine rings is 1. The molecule has 0 aromatic heterocycles. The Morgan fingerprint density at radius 2 is 1.73 bits per heavy atom. The molecule has 9 heteroatoms. The predicted octanol–water partition coefficient (Wildman–Crippen LogP) is 2.54. The summed E-state index contributed by atoms with van der Waals surface area (Å²) in [6.07, 6.45) is -0.105. The van der Waals surface area contributed by atoms with Crippen molar-refractivity contribution in [3.8, 4) is 5.75 Å². The van der Waals surface area contributed by atoms with Gasteiger partial charge in [-0.25, -0.2) is 4.39 Å². The first-order chi connectivity index (χ1) is 16.0. The molecule has 1 unspecified atom stereocenters. The number of hydrogen-bond donors (Lipinski definition) is 0. The maximum absolute atomic E-state index is 13.9. The fraction of sp³-hybridized carbons (Fsp3) is 0.417. The van der Waals surface area contributed by atoms with Crippen molar-refractivity contribution in [2.75, 3.05) is 59.0 Å². The van der Waals surface area contributed by atoms with E-state index in [9.17, 15) is 14.0 Å². The fourth-order valence-electron chi connectivity index (χ4n) is 4.05. The molecular weight excluding hydrogens is 449 g/mol. The summed E-state index contributed by atoms with van der Waals surface area (Å²) in [4.78, 5) is 30.8. The van der Waals surface area contributed by atoms with Gasteiger partial charge in [-0.3, -0.25) is 14.5 Å². The van der Waals surface area contributed by atoms with Crippen molar-refractivity contribution in [3.05, 3.63) is 64.9 Å². The van der Waals surface area contributed by atoms with Crippen molar-refractivity contribution < 1.29 is 23.5 Å². The van der Waals surface area contributed by atoms with Crippen LogP contribution in [0.5, 0.6) is 5.75 Å². The number of carbonyl (C=O) groups is 2. The van der Waals surface area contributed by atoms with E-state index in [1.807, 2.05) is 0 Å². The van der Waals surface area contributed by atoms with E-state index in [2.05, 4.69) is 4.90 Å². The molecule has 0 N–H and O–H groups in total. The second kappa shape index (κ2) is 11.0. The summed E-state index contributed by atoms with van der Waals surface area (Å²) >= 11 is 5.87. The molecule has 2 aliphatic rings. The predicted molar refractivity (Wildman–Crippen MR) is 122 cm³/mol. The van der Waals surface area contributed by atoms with Gasteiger partial charge in [-0.15, -0.1) is 0 Å². The third-order valence-electron chi connectivity index (χ3n) is 5.89. The number of nitrogens with zero attached hydrogens (tertiary/aromatic N) is 3. The van der Waals surface area contributed by atoms with Gasteiger partial charge in [0, 0.05) is 50.8 Å². The Morgan fingerprint density at radius 3 is 2.45 bits per heavy atom. The Kier molecular flexibility index (Phi) is 7.80. The number of carbonyl (C=O) groups excluding carboxylic acids is 2. The lowest BCUT2D eigenvalue weighted by molar-refractivity contribution is -0.141. The van der Waals surface area contributed by atoms with Crippen LogP contribution in [-0.2, 0) is 9.53 Å². The van der Waals surface area contributed by atoms with Gasteiger partial charge >= 0.3 is 0 Å². The molecule has 2 fully saturated rings. The van der Waals surface area contributed by atoms with Crippen molar-refractivity contribution in [1.29, 1.82) is 0 Å². The van der Waals surface area contributed by atoms with Crippen LogP contribution in [0.1, 0.15) is 10.4 Å². The molecule has 0 saturated carbocycles. The highest BCUT2D eigenvalue weighted by Gasteiger charge is 2.29. The largest absolute Gasteiger partial charge is 0.484 e. The number of amides is 2. The summed E-state index contributed by atoms with van der Waals surface area (Å²) in [7, 11) is 0. The van der Waals surface area contributed by atoms with Crippen LogP contribution in [0.15, 0.2) is 48.5 Å². The average molecular weight is 476 g/mol. The number of halogens is 2. The first-order valence-corrected chi connectivity index (χ1v) is 11.4. The third-order valence-corrected chi connectivity index (χ3v) is 6.15. The molecule has 2 aromatic rings. The third kappa shape index (κ3) is 6.22. The van der Waals surface area contributed by atoms with Gasteiger partial charge in [-0.2, -0.15) is 0 Å². The number of piperazine rings is 1. The van der Waals surface area contributed by atoms with Gasteiger partial charge in [0.1, 0.15) is 11.6 Å². The molecule has 2 amide bonds. The first kappa shape index (κ1) is 23.5. The van der Waals surface area contributed by atoms with Gasteiger partial charge in [-0.05, 0) is 36.4 Å². The van der Waals surface area contributed by atoms with Gasteiger partial charge < -0.3 is 19.3 Å². The summed E-state index contributed by atoms with van der Waals surface area (Å²) in [6, 6.07) is 13.0. The van der Waals surface area contributed by atoms with E-state index in [0.29, 0.717) is 63.2 Å². The van der Waals surface area contributed by atoms with Crippen molar-refractivity contribution in [1.82, 2.24) is 14.7 Å². The molecule has 0 bridgehead atoms. The highest BCUT2D eigenvalue weighted by atomic mass is 35.5. The lowest BCUT2D eigenvalue weighted by atomic mass is 10.1. The molecule has 2 heterocycles. The highest BCUT2D eigenvalue weighted by Crippen LogP contribution is 2.17. The minimum atomic E-state index is -0.495. The van der Waals surface area contributed by atoms with Crippen LogP contribution >= 0.6 is 11.6 Å². The molecule has 0 radical (unpaired) electrons. The maximum atomic E-state index is 13.9. The maximum Gasteiger partial charge on any atom is 0.260 e. The summed E-state index contributed by atoms with van der Waals surface area (Å²) in [5.41, 5.74) is 0.108. The topological polar surface area (TPSA) is 62.3 Å². The zero-order valence-electron chi connectivity index (χ0n) is 18.3. The first-order valence-electron chi connectivity index (χ1n) is 11.0. The van der Waals surface area contributed by atoms with E-state index >= 15 is 0 Å². The summed E-state index contributed by atoms with van der Waals surface area (Å²) < 4.78 is 25.4. The quantitative estimate of drug-likeness (QED) is 0.642. The van der Waals surface area contributed by atoms with E-state index in [0.717, 1.165) is 0 Å². The Hall–Kier alpha value is -2.68. The van der Waals surface area contributed by atoms with Gasteiger partial charge in [-0.1, -0.05) is 23.7 Å². The van der Waals surface area contributed by atoms with Gasteiger partial charge in [0.15, 0.2) is 6.61 Å². The monoisotopic (exact) mass is 475 g/mol. The van der Waals surface area contributed by atoms with Crippen LogP contribution < -0.4 is 4.74 Å². The zero-order chi connectivity index (χ0) is 23.2. The lowest BCUT2D eigenvalue weighted by Crippen LogP contribution is -2.54. The zero-order valence-corrected chi connectivity index (χ0v) is 19.0. The van der Waals surface area contributed by atoms with E-state index in [1.165, 1.54) is 12.1 Å². The second-order valence-corrected chi connectivity index (χ2v) is 8.58. The normalized spacial score (nSPS) is 19.4. The van der Waals surface area contributed by atoms with E-state index in [-0.39, 0.29) is 30.1 Å². The van der Waals surface area contributed by atoms with Gasteiger partial charge in [0.2, 0.25) is 0 Å². The molecule has 1 atom stereocenters. The lowest BCUT2D eigenvalue weighted by Gasteiger charge is -2.39. The summed E-state index contributed by atoms with van der Waals surface area (Å²) in [5.74, 6) is -0.261. The van der Waals surface area contributed by atoms with Crippen molar-refractivity contribution >= 4 is 23.4 Å². The number of rotatable bonds is 6. The van der Waals surface area contributed by atoms with Crippen molar-refractivity contribution in [2.24, 2.45) is 0 Å². The molecule has 7 nitrogen and oxygen atoms in total. The number of hydrogen-bond acceptors (Lipinski definition) is 5. The molecule has 2 saturated heterocycles. The van der Waals surface area contributed by atoms with Crippen LogP contribution in [0.3, 0.4) is 0 Å². The van der Waals surface area contributed by atoms with E-state index in [4.69, 9.17) is 21.1 Å². The molecule has 33 heavy (non-hydrogen) atoms. The average Bonchev–Trinajstić information content (AvgIpc) is 2.84. The van der Waals surface area contributed by atoms with Gasteiger partial charge in [0.05, 0.1) is 18.3 Å². The van der Waals surface area contributed by atoms with Crippen LogP contribution in [0.4, 0.5) is 4.39 Å². The van der Waals surface area contributed by atoms with Crippen LogP contribution in [-0.4, -0.2) is 91.6 Å². The van der Waals surface area contributed by atoms with Crippen LogP contribution in [0.2, 0.25) is 5.02 Å². The molecule has 0 aliphatic carbocycles. The van der Waals surface area contributed by atoms with Gasteiger partial charge in [0.25, 0.3) is 11.8 Å². The fourth-order valence-corrected chi connectivity index (χ4v) is 4.18. The molecule has 4 rings (SSSR count). The molecule has 0 spiro atoms. The second-order valence-electron chi connectivity index (χ2n) is 8.15. The Balaban J connectivity index is 1.22. The van der Waals surface area contributed by atoms with Crippen LogP contribution in [0, 0.1) is 5.82 Å². The Bertz CT molecular complexity index is 966. The molecular formula is C24H27ClFN3O4. The number of benzene rings is 2. The van der Waals surface area contributed by atoms with E-state index < -0.39 is 5.82 Å². The number of ether oxygens (including phenoxy) is 2. The molecule has 2 aliphatic heterocycles. The SMILES string of the molecule is O=C(COc1ccc(Cl)cc1)N1CCOC(CN2CCN(C(=O)c3ccccc3F)CC2)C1. The Morgan fingerprint density at radius 1 is 1.00 bits per heavy atom. The summed E-state index contributed by atoms with van der Waals surface area (Å²) in [5, 5.41) is 0.613. The van der Waals surface area contributed by atoms with E-state index in [1.54, 1.807) is 46.2 Å². The van der Waals surface area contributed by atoms with Crippen molar-refractivity contribution in [2.45, 2.75) is 6.10 Å². The van der Waals surface area contributed by atoms with Crippen LogP contribution in [0.25, 0.3) is 0 Å². The standard InChI is InChI=1S/C24H27ClFN3O4/c25-18-5-7-19(8-6-18)33-17-23(30)29-13-14-32-20(16-29)15-27-9-11-28(12-10-27)24(31)21-3-1-2-4-22(21)26/h1-8,20H,9-17H2. The highest BCUT2D eigenvalue weighted by molar-refractivity contribution is 6.30. The minimum Gasteiger partial charge on any atom is -0.484 e. The minimum absolute atomic E-state index is 0.0365. The Labute approximate surface area is 197 Å². The summed E-state index contributed by atoms with van der Waals surface area (Å²) in [6.45, 7) is 4.54.